The van der Waals surface area contributed by atoms with Crippen molar-refractivity contribution in [3.8, 4) is 0 Å². The third-order valence-corrected chi connectivity index (χ3v) is 1.31. The van der Waals surface area contributed by atoms with Crippen molar-refractivity contribution in [3.63, 3.8) is 0 Å². The van der Waals surface area contributed by atoms with E-state index in [1.54, 1.807) is 13.0 Å². The molecule has 4 heteroatoms. The molecule has 0 spiro atoms. The largest absolute Gasteiger partial charge is 1.00 e. The number of quaternary nitrogens is 1. The second-order valence-electron chi connectivity index (χ2n) is 3.68. The lowest BCUT2D eigenvalue weighted by molar-refractivity contribution is -0.870. The molecule has 0 fully saturated rings. The fourth-order valence-electron chi connectivity index (χ4n) is 0.604. The third kappa shape index (κ3) is 11.9. The molecule has 78 valence electrons. The first kappa shape index (κ1) is 15.4. The van der Waals surface area contributed by atoms with Gasteiger partial charge in [0, 0.05) is 6.08 Å². The minimum Gasteiger partial charge on any atom is -1.00 e. The Hall–Kier alpha value is -0.100. The van der Waals surface area contributed by atoms with Crippen LogP contribution in [0.2, 0.25) is 0 Å². The zero-order chi connectivity index (χ0) is 9.61. The fourth-order valence-corrected chi connectivity index (χ4v) is 0.604. The lowest BCUT2D eigenvalue weighted by Crippen LogP contribution is -3.00. The number of hydrogen-bond donors (Lipinski definition) is 0. The lowest BCUT2D eigenvalue weighted by atomic mass is 10.5. The van der Waals surface area contributed by atoms with E-state index in [9.17, 15) is 4.79 Å². The normalized spacial score (nSPS) is 11.1. The molecule has 0 rings (SSSR count). The summed E-state index contributed by atoms with van der Waals surface area (Å²) in [6, 6.07) is 0. The smallest absolute Gasteiger partial charge is 0.330 e. The Bertz CT molecular complexity index is 173. The maximum absolute atomic E-state index is 10.8. The minimum atomic E-state index is -0.258. The molecule has 0 saturated heterocycles. The SMILES string of the molecule is CC=CC(=O)OCC[N+](C)(C)C.[I-]. The lowest BCUT2D eigenvalue weighted by Gasteiger charge is -2.23. The molecule has 0 amide bonds. The maximum atomic E-state index is 10.8. The monoisotopic (exact) mass is 299 g/mol. The zero-order valence-electron chi connectivity index (χ0n) is 8.71. The Morgan fingerprint density at radius 2 is 1.92 bits per heavy atom. The molecule has 0 N–H and O–H groups in total. The zero-order valence-corrected chi connectivity index (χ0v) is 10.9. The van der Waals surface area contributed by atoms with Crippen molar-refractivity contribution in [1.29, 1.82) is 0 Å². The second-order valence-corrected chi connectivity index (χ2v) is 3.68. The van der Waals surface area contributed by atoms with Crippen molar-refractivity contribution in [2.75, 3.05) is 34.3 Å². The number of ether oxygens (including phenoxy) is 1. The number of esters is 1. The van der Waals surface area contributed by atoms with Crippen LogP contribution in [0.1, 0.15) is 6.92 Å². The fraction of sp³-hybridized carbons (Fsp3) is 0.667. The average molecular weight is 299 g/mol. The van der Waals surface area contributed by atoms with Crippen LogP contribution >= 0.6 is 0 Å². The van der Waals surface area contributed by atoms with E-state index in [2.05, 4.69) is 21.1 Å². The highest BCUT2D eigenvalue weighted by molar-refractivity contribution is 5.81. The summed E-state index contributed by atoms with van der Waals surface area (Å²) in [7, 11) is 6.18. The molecule has 0 aliphatic carbocycles. The Kier molecular flexibility index (Phi) is 8.65. The van der Waals surface area contributed by atoms with Crippen LogP contribution in [0.4, 0.5) is 0 Å². The summed E-state index contributed by atoms with van der Waals surface area (Å²) >= 11 is 0. The quantitative estimate of drug-likeness (QED) is 0.255. The van der Waals surface area contributed by atoms with E-state index in [4.69, 9.17) is 4.74 Å². The van der Waals surface area contributed by atoms with Gasteiger partial charge in [0.05, 0.1) is 21.1 Å². The van der Waals surface area contributed by atoms with Crippen molar-refractivity contribution in [2.45, 2.75) is 6.92 Å². The highest BCUT2D eigenvalue weighted by Gasteiger charge is 2.07. The Morgan fingerprint density at radius 3 is 2.31 bits per heavy atom. The van der Waals surface area contributed by atoms with Gasteiger partial charge in [0.25, 0.3) is 0 Å². The van der Waals surface area contributed by atoms with E-state index in [1.807, 2.05) is 0 Å². The van der Waals surface area contributed by atoms with Gasteiger partial charge >= 0.3 is 5.97 Å². The summed E-state index contributed by atoms with van der Waals surface area (Å²) in [5.41, 5.74) is 0. The highest BCUT2D eigenvalue weighted by atomic mass is 127. The van der Waals surface area contributed by atoms with Crippen LogP contribution in [-0.4, -0.2) is 44.7 Å². The van der Waals surface area contributed by atoms with E-state index in [0.717, 1.165) is 11.0 Å². The molecular weight excluding hydrogens is 281 g/mol. The third-order valence-electron chi connectivity index (χ3n) is 1.31. The first-order valence-corrected chi connectivity index (χ1v) is 4.05. The predicted molar refractivity (Wildman–Crippen MR) is 48.7 cm³/mol. The molecule has 0 unspecified atom stereocenters. The van der Waals surface area contributed by atoms with Gasteiger partial charge in [-0.25, -0.2) is 4.79 Å². The molecule has 0 radical (unpaired) electrons. The molecule has 0 heterocycles. The van der Waals surface area contributed by atoms with Crippen molar-refractivity contribution >= 4 is 5.97 Å². The van der Waals surface area contributed by atoms with Gasteiger partial charge in [-0.1, -0.05) is 6.08 Å². The Balaban J connectivity index is 0. The van der Waals surface area contributed by atoms with E-state index in [-0.39, 0.29) is 29.9 Å². The van der Waals surface area contributed by atoms with E-state index < -0.39 is 0 Å². The van der Waals surface area contributed by atoms with Gasteiger partial charge in [0.15, 0.2) is 0 Å². The summed E-state index contributed by atoms with van der Waals surface area (Å²) in [4.78, 5) is 10.8. The van der Waals surface area contributed by atoms with Crippen molar-refractivity contribution in [2.24, 2.45) is 0 Å². The molecule has 3 nitrogen and oxygen atoms in total. The topological polar surface area (TPSA) is 26.3 Å². The summed E-state index contributed by atoms with van der Waals surface area (Å²) < 4.78 is 5.73. The maximum Gasteiger partial charge on any atom is 0.330 e. The number of carbonyl (C=O) groups is 1. The van der Waals surface area contributed by atoms with Crippen LogP contribution in [-0.2, 0) is 9.53 Å². The van der Waals surface area contributed by atoms with E-state index in [0.29, 0.717) is 6.61 Å². The summed E-state index contributed by atoms with van der Waals surface area (Å²) in [6.07, 6.45) is 3.10. The summed E-state index contributed by atoms with van der Waals surface area (Å²) in [6.45, 7) is 3.11. The van der Waals surface area contributed by atoms with Crippen LogP contribution < -0.4 is 24.0 Å². The molecule has 0 aromatic rings. The van der Waals surface area contributed by atoms with Crippen LogP contribution in [0.5, 0.6) is 0 Å². The van der Waals surface area contributed by atoms with Gasteiger partial charge < -0.3 is 33.2 Å². The Morgan fingerprint density at radius 1 is 1.38 bits per heavy atom. The predicted octanol–water partition coefficient (Wildman–Crippen LogP) is -2.18. The highest BCUT2D eigenvalue weighted by Crippen LogP contribution is 1.90. The Labute approximate surface area is 97.4 Å². The average Bonchev–Trinajstić information content (AvgIpc) is 1.84. The summed E-state index contributed by atoms with van der Waals surface area (Å²) in [5, 5.41) is 0. The van der Waals surface area contributed by atoms with Crippen LogP contribution in [0.3, 0.4) is 0 Å². The number of rotatable bonds is 4. The summed E-state index contributed by atoms with van der Waals surface area (Å²) in [5.74, 6) is -0.258. The van der Waals surface area contributed by atoms with Crippen molar-refractivity contribution < 1.29 is 38.0 Å². The number of hydrogen-bond acceptors (Lipinski definition) is 2. The second kappa shape index (κ2) is 7.32. The molecule has 0 aliphatic rings. The van der Waals surface area contributed by atoms with E-state index >= 15 is 0 Å². The molecule has 0 saturated carbocycles. The first-order valence-electron chi connectivity index (χ1n) is 4.05. The molecule has 0 aromatic carbocycles. The molecular formula is C9H18INO2. The number of halogens is 1. The van der Waals surface area contributed by atoms with Gasteiger partial charge in [0.2, 0.25) is 0 Å². The van der Waals surface area contributed by atoms with Gasteiger partial charge in [-0.05, 0) is 6.92 Å². The van der Waals surface area contributed by atoms with E-state index in [1.165, 1.54) is 6.08 Å². The van der Waals surface area contributed by atoms with Gasteiger partial charge in [-0.15, -0.1) is 0 Å². The number of nitrogens with zero attached hydrogens (tertiary/aromatic N) is 1. The molecule has 0 atom stereocenters. The van der Waals surface area contributed by atoms with Crippen LogP contribution in [0.25, 0.3) is 0 Å². The minimum absolute atomic E-state index is 0. The van der Waals surface area contributed by atoms with Gasteiger partial charge in [-0.3, -0.25) is 0 Å². The number of carbonyl (C=O) groups excluding carboxylic acids is 1. The van der Waals surface area contributed by atoms with Crippen molar-refractivity contribution in [3.05, 3.63) is 12.2 Å². The van der Waals surface area contributed by atoms with Gasteiger partial charge in [-0.2, -0.15) is 0 Å². The molecule has 0 aromatic heterocycles. The standard InChI is InChI=1S/C9H18NO2.HI/c1-5-6-9(11)12-8-7-10(2,3)4;/h5-6H,7-8H2,1-4H3;1H/q+1;/p-1. The number of allylic oxidation sites excluding steroid dienone is 1. The van der Waals surface area contributed by atoms with Crippen molar-refractivity contribution in [1.82, 2.24) is 0 Å². The van der Waals surface area contributed by atoms with Crippen LogP contribution in [0.15, 0.2) is 12.2 Å². The van der Waals surface area contributed by atoms with Crippen LogP contribution in [0, 0.1) is 0 Å². The number of likely N-dealkylation sites (N-methyl/N-ethyl adjacent to an activating group) is 1. The molecule has 13 heavy (non-hydrogen) atoms. The first-order chi connectivity index (χ1) is 5.45. The van der Waals surface area contributed by atoms with Gasteiger partial charge in [0.1, 0.15) is 13.2 Å². The molecule has 0 bridgehead atoms. The molecule has 0 aliphatic heterocycles.